The molecule has 4 rings (SSSR count). The lowest BCUT2D eigenvalue weighted by Crippen LogP contribution is -2.31. The predicted molar refractivity (Wildman–Crippen MR) is 172 cm³/mol. The van der Waals surface area contributed by atoms with Crippen molar-refractivity contribution in [3.8, 4) is 12.3 Å². The van der Waals surface area contributed by atoms with Crippen molar-refractivity contribution >= 4 is 11.4 Å². The number of hydrogen-bond donors (Lipinski definition) is 1. The molecule has 2 aliphatic rings. The maximum atomic E-state index is 5.94. The smallest absolute Gasteiger partial charge is 0.107 e. The van der Waals surface area contributed by atoms with Crippen LogP contribution in [0.3, 0.4) is 0 Å². The molecule has 42 heavy (non-hydrogen) atoms. The molecule has 0 saturated carbocycles. The fourth-order valence-corrected chi connectivity index (χ4v) is 5.69. The number of allylic oxidation sites excluding steroid dienone is 5. The Kier molecular flexibility index (Phi) is 11.5. The van der Waals surface area contributed by atoms with Crippen molar-refractivity contribution in [2.24, 2.45) is 0 Å². The van der Waals surface area contributed by atoms with Crippen LogP contribution in [0, 0.1) is 12.3 Å². The van der Waals surface area contributed by atoms with Gasteiger partial charge in [-0.2, -0.15) is 0 Å². The highest BCUT2D eigenvalue weighted by atomic mass is 16.6. The SMILES string of the molecule is C#CCOCCOCCOCCOCCN1/C(=C/C=C/C=C/C2Nc3ccccc3C2(C)C)C(C)(C)c2ccccc21. The number of ether oxygens (including phenoxy) is 4. The Labute approximate surface area is 252 Å². The molecule has 2 aromatic carbocycles. The van der Waals surface area contributed by atoms with Gasteiger partial charge in [0, 0.05) is 34.4 Å². The summed E-state index contributed by atoms with van der Waals surface area (Å²) in [6, 6.07) is 17.5. The predicted octanol–water partition coefficient (Wildman–Crippen LogP) is 6.25. The molecule has 2 heterocycles. The van der Waals surface area contributed by atoms with Gasteiger partial charge in [-0.05, 0) is 29.3 Å². The standard InChI is InChI=1S/C36H46N2O4/c1-6-21-39-23-25-41-27-28-42-26-24-40-22-20-38-32-17-13-11-15-30(32)36(4,5)34(38)19-9-7-8-18-33-35(2,3)29-14-10-12-16-31(29)37-33/h1,7-19,33,37H,20-28H2,2-5H3/b9-7+,18-8+,34-19+. The lowest BCUT2D eigenvalue weighted by molar-refractivity contribution is 0.00219. The molecule has 0 fully saturated rings. The fourth-order valence-electron chi connectivity index (χ4n) is 5.69. The normalized spacial score (nSPS) is 19.4. The molecule has 2 aliphatic heterocycles. The van der Waals surface area contributed by atoms with E-state index in [0.29, 0.717) is 52.9 Å². The van der Waals surface area contributed by atoms with E-state index in [2.05, 4.69) is 123 Å². The summed E-state index contributed by atoms with van der Waals surface area (Å²) in [6.45, 7) is 14.0. The molecule has 0 radical (unpaired) electrons. The van der Waals surface area contributed by atoms with Gasteiger partial charge in [-0.25, -0.2) is 0 Å². The molecule has 0 spiro atoms. The van der Waals surface area contributed by atoms with E-state index in [9.17, 15) is 0 Å². The van der Waals surface area contributed by atoms with Crippen LogP contribution in [-0.2, 0) is 29.8 Å². The number of anilines is 2. The topological polar surface area (TPSA) is 52.2 Å². The van der Waals surface area contributed by atoms with E-state index in [1.807, 2.05) is 0 Å². The van der Waals surface area contributed by atoms with Crippen LogP contribution in [0.15, 0.2) is 84.6 Å². The zero-order valence-corrected chi connectivity index (χ0v) is 25.6. The lowest BCUT2D eigenvalue weighted by atomic mass is 9.80. The van der Waals surface area contributed by atoms with Gasteiger partial charge in [0.1, 0.15) is 6.61 Å². The fraction of sp³-hybridized carbons (Fsp3) is 0.444. The first-order valence-electron chi connectivity index (χ1n) is 14.9. The highest BCUT2D eigenvalue weighted by Gasteiger charge is 2.39. The molecule has 6 nitrogen and oxygen atoms in total. The summed E-state index contributed by atoms with van der Waals surface area (Å²) in [7, 11) is 0. The molecule has 0 aromatic heterocycles. The van der Waals surface area contributed by atoms with Crippen LogP contribution in [0.5, 0.6) is 0 Å². The average molecular weight is 571 g/mol. The minimum Gasteiger partial charge on any atom is -0.378 e. The third kappa shape index (κ3) is 7.73. The van der Waals surface area contributed by atoms with E-state index in [-0.39, 0.29) is 16.9 Å². The zero-order chi connectivity index (χ0) is 29.8. The van der Waals surface area contributed by atoms with E-state index in [1.165, 1.54) is 28.2 Å². The first-order valence-corrected chi connectivity index (χ1v) is 14.9. The molecule has 0 bridgehead atoms. The van der Waals surface area contributed by atoms with Gasteiger partial charge in [0.05, 0.1) is 52.3 Å². The van der Waals surface area contributed by atoms with Crippen LogP contribution in [0.4, 0.5) is 11.4 Å². The Morgan fingerprint density at radius 2 is 1.40 bits per heavy atom. The van der Waals surface area contributed by atoms with Gasteiger partial charge in [0.25, 0.3) is 0 Å². The first-order chi connectivity index (χ1) is 20.4. The van der Waals surface area contributed by atoms with Gasteiger partial charge in [-0.15, -0.1) is 6.42 Å². The summed E-state index contributed by atoms with van der Waals surface area (Å²) in [5.74, 6) is 2.43. The van der Waals surface area contributed by atoms with Crippen molar-refractivity contribution in [3.05, 3.63) is 95.7 Å². The second-order valence-corrected chi connectivity index (χ2v) is 11.6. The Bertz CT molecular complexity index is 1290. The van der Waals surface area contributed by atoms with Crippen LogP contribution in [0.2, 0.25) is 0 Å². The molecule has 224 valence electrons. The van der Waals surface area contributed by atoms with E-state index >= 15 is 0 Å². The summed E-state index contributed by atoms with van der Waals surface area (Å²) in [5.41, 5.74) is 6.39. The van der Waals surface area contributed by atoms with Gasteiger partial charge in [-0.3, -0.25) is 0 Å². The van der Waals surface area contributed by atoms with Gasteiger partial charge in [-0.1, -0.05) is 94.3 Å². The van der Waals surface area contributed by atoms with Crippen molar-refractivity contribution in [3.63, 3.8) is 0 Å². The largest absolute Gasteiger partial charge is 0.378 e. The highest BCUT2D eigenvalue weighted by Crippen LogP contribution is 2.47. The van der Waals surface area contributed by atoms with Crippen LogP contribution in [0.1, 0.15) is 38.8 Å². The molecule has 0 aliphatic carbocycles. The minimum atomic E-state index is -0.101. The van der Waals surface area contributed by atoms with Crippen LogP contribution < -0.4 is 10.2 Å². The van der Waals surface area contributed by atoms with E-state index in [4.69, 9.17) is 25.4 Å². The molecule has 1 atom stereocenters. The second kappa shape index (κ2) is 15.2. The molecule has 2 aromatic rings. The molecule has 1 N–H and O–H groups in total. The Morgan fingerprint density at radius 3 is 2.10 bits per heavy atom. The molecular formula is C36H46N2O4. The Morgan fingerprint density at radius 1 is 0.786 bits per heavy atom. The number of para-hydroxylation sites is 2. The van der Waals surface area contributed by atoms with Gasteiger partial charge < -0.3 is 29.2 Å². The van der Waals surface area contributed by atoms with E-state index < -0.39 is 0 Å². The van der Waals surface area contributed by atoms with Crippen LogP contribution >= 0.6 is 0 Å². The number of benzene rings is 2. The lowest BCUT2D eigenvalue weighted by Gasteiger charge is -2.27. The van der Waals surface area contributed by atoms with Crippen molar-refractivity contribution in [2.75, 3.05) is 69.6 Å². The van der Waals surface area contributed by atoms with Crippen molar-refractivity contribution in [1.29, 1.82) is 0 Å². The highest BCUT2D eigenvalue weighted by molar-refractivity contribution is 5.70. The second-order valence-electron chi connectivity index (χ2n) is 11.6. The van der Waals surface area contributed by atoms with Crippen molar-refractivity contribution in [2.45, 2.75) is 44.6 Å². The number of nitrogens with zero attached hydrogens (tertiary/aromatic N) is 1. The summed E-state index contributed by atoms with van der Waals surface area (Å²) < 4.78 is 22.2. The number of hydrogen-bond acceptors (Lipinski definition) is 6. The summed E-state index contributed by atoms with van der Waals surface area (Å²) in [4.78, 5) is 2.39. The monoisotopic (exact) mass is 570 g/mol. The molecule has 1 unspecified atom stereocenters. The van der Waals surface area contributed by atoms with Gasteiger partial charge in [0.15, 0.2) is 0 Å². The quantitative estimate of drug-likeness (QED) is 0.146. The summed E-state index contributed by atoms with van der Waals surface area (Å²) in [5, 5.41) is 3.66. The number of nitrogens with one attached hydrogen (secondary N) is 1. The van der Waals surface area contributed by atoms with Gasteiger partial charge >= 0.3 is 0 Å². The molecule has 0 amide bonds. The third-order valence-corrected chi connectivity index (χ3v) is 8.05. The van der Waals surface area contributed by atoms with E-state index in [0.717, 1.165) is 6.54 Å². The number of fused-ring (bicyclic) bond motifs is 2. The molecule has 6 heteroatoms. The van der Waals surface area contributed by atoms with Gasteiger partial charge in [0.2, 0.25) is 0 Å². The van der Waals surface area contributed by atoms with Crippen molar-refractivity contribution < 1.29 is 18.9 Å². The molecular weight excluding hydrogens is 524 g/mol. The third-order valence-electron chi connectivity index (χ3n) is 8.05. The average Bonchev–Trinajstić information content (AvgIpc) is 3.37. The number of rotatable bonds is 16. The number of terminal acetylenes is 1. The Balaban J connectivity index is 1.26. The van der Waals surface area contributed by atoms with E-state index in [1.54, 1.807) is 0 Å². The summed E-state index contributed by atoms with van der Waals surface area (Å²) >= 11 is 0. The Hall–Kier alpha value is -3.34. The van der Waals surface area contributed by atoms with Crippen molar-refractivity contribution in [1.82, 2.24) is 0 Å². The maximum Gasteiger partial charge on any atom is 0.107 e. The molecule has 0 saturated heterocycles. The zero-order valence-electron chi connectivity index (χ0n) is 25.6. The maximum absolute atomic E-state index is 5.94. The first kappa shape index (κ1) is 31.6. The van der Waals surface area contributed by atoms with Crippen LogP contribution in [-0.4, -0.2) is 65.4 Å². The van der Waals surface area contributed by atoms with Crippen LogP contribution in [0.25, 0.3) is 0 Å². The minimum absolute atomic E-state index is 0.0437. The summed E-state index contributed by atoms with van der Waals surface area (Å²) in [6.07, 6.45) is 16.1.